The third-order valence-corrected chi connectivity index (χ3v) is 14.9. The second-order valence-corrected chi connectivity index (χ2v) is 16.7. The highest BCUT2D eigenvalue weighted by atomic mass is 32.2. The normalized spacial score (nSPS) is 27.1. The van der Waals surface area contributed by atoms with Crippen molar-refractivity contribution in [1.82, 2.24) is 0 Å². The van der Waals surface area contributed by atoms with Crippen LogP contribution in [0.3, 0.4) is 0 Å². The molecule has 0 amide bonds. The van der Waals surface area contributed by atoms with Crippen LogP contribution < -0.4 is 0 Å². The Balaban J connectivity index is 1.33. The number of carbonyl (C=O) groups is 2. The van der Waals surface area contributed by atoms with Crippen molar-refractivity contribution in [2.24, 2.45) is 0 Å². The molecule has 1 fully saturated rings. The monoisotopic (exact) mass is 576 g/mol. The number of hydrogen-bond donors (Lipinski definition) is 0. The van der Waals surface area contributed by atoms with Crippen LogP contribution in [0.2, 0.25) is 0 Å². The quantitative estimate of drug-likeness (QED) is 0.175. The fraction of sp³-hybridized carbons (Fsp3) is 0.583. The summed E-state index contributed by atoms with van der Waals surface area (Å²) in [5.41, 5.74) is 0. The summed E-state index contributed by atoms with van der Waals surface area (Å²) in [5, 5.41) is 1.46. The molecule has 4 atom stereocenters. The summed E-state index contributed by atoms with van der Waals surface area (Å²) in [4.78, 5) is 27.6. The highest BCUT2D eigenvalue weighted by Crippen LogP contribution is 2.49. The Morgan fingerprint density at radius 1 is 0.853 bits per heavy atom. The van der Waals surface area contributed by atoms with E-state index in [2.05, 4.69) is 50.5 Å². The lowest BCUT2D eigenvalue weighted by Gasteiger charge is -2.29. The summed E-state index contributed by atoms with van der Waals surface area (Å²) >= 11 is 11.8. The second kappa shape index (κ2) is 14.7. The highest BCUT2D eigenvalue weighted by Gasteiger charge is 2.29. The molecule has 0 radical (unpaired) electrons. The number of thioether (sulfide) groups is 6. The van der Waals surface area contributed by atoms with Gasteiger partial charge in [-0.3, -0.25) is 0 Å². The molecule has 3 rings (SSSR count). The highest BCUT2D eigenvalue weighted by molar-refractivity contribution is 8.24. The Morgan fingerprint density at radius 2 is 1.29 bits per heavy atom. The van der Waals surface area contributed by atoms with Crippen LogP contribution >= 0.6 is 70.6 Å². The van der Waals surface area contributed by atoms with Gasteiger partial charge in [-0.25, -0.2) is 9.59 Å². The van der Waals surface area contributed by atoms with Crippen molar-refractivity contribution in [2.45, 2.75) is 59.2 Å². The molecule has 0 spiro atoms. The maximum absolute atomic E-state index is 11.3. The maximum atomic E-state index is 11.3. The van der Waals surface area contributed by atoms with Gasteiger partial charge in [-0.15, -0.1) is 47.0 Å². The first kappa shape index (κ1) is 28.6. The molecular weight excluding hydrogens is 545 g/mol. The van der Waals surface area contributed by atoms with Crippen molar-refractivity contribution < 1.29 is 19.1 Å². The molecule has 2 aliphatic heterocycles. The predicted molar refractivity (Wildman–Crippen MR) is 157 cm³/mol. The number of rotatable bonds is 12. The lowest BCUT2D eigenvalue weighted by Crippen LogP contribution is -2.21. The molecule has 4 unspecified atom stereocenters. The van der Waals surface area contributed by atoms with Crippen LogP contribution in [0.25, 0.3) is 0 Å². The summed E-state index contributed by atoms with van der Waals surface area (Å²) in [5.74, 6) is 1.53. The van der Waals surface area contributed by atoms with Crippen molar-refractivity contribution in [2.75, 3.05) is 24.7 Å². The topological polar surface area (TPSA) is 52.6 Å². The smallest absolute Gasteiger partial charge is 0.330 e. The predicted octanol–water partition coefficient (Wildman–Crippen LogP) is 7.30. The molecule has 0 aromatic heterocycles. The summed E-state index contributed by atoms with van der Waals surface area (Å²) in [6, 6.07) is 0. The van der Waals surface area contributed by atoms with Gasteiger partial charge < -0.3 is 9.47 Å². The molecule has 0 bridgehead atoms. The minimum Gasteiger partial charge on any atom is -0.457 e. The van der Waals surface area contributed by atoms with E-state index in [0.717, 1.165) is 22.0 Å². The SMILES string of the molecule is C=CC(=O)OCC1=C(C)SC(CSC2CCCC(SCC3SC(C)=C(COC(=O)C=C)S3)C2)S1. The molecule has 1 saturated carbocycles. The Hall–Kier alpha value is -0.000000000000000222. The average Bonchev–Trinajstić information content (AvgIpc) is 3.39. The summed E-state index contributed by atoms with van der Waals surface area (Å²) in [6.07, 6.45) is 7.65. The molecule has 0 N–H and O–H groups in total. The van der Waals surface area contributed by atoms with E-state index in [9.17, 15) is 9.59 Å². The molecule has 4 nitrogen and oxygen atoms in total. The van der Waals surface area contributed by atoms with Crippen LogP contribution in [0.5, 0.6) is 0 Å². The fourth-order valence-corrected chi connectivity index (χ4v) is 13.0. The van der Waals surface area contributed by atoms with Crippen LogP contribution in [-0.4, -0.2) is 56.3 Å². The van der Waals surface area contributed by atoms with Crippen LogP contribution in [0.4, 0.5) is 0 Å². The summed E-state index contributed by atoms with van der Waals surface area (Å²) < 4.78 is 11.5. The summed E-state index contributed by atoms with van der Waals surface area (Å²) in [6.45, 7) is 11.9. The van der Waals surface area contributed by atoms with E-state index in [1.54, 1.807) is 0 Å². The summed E-state index contributed by atoms with van der Waals surface area (Å²) in [7, 11) is 0. The van der Waals surface area contributed by atoms with E-state index >= 15 is 0 Å². The van der Waals surface area contributed by atoms with Crippen LogP contribution in [-0.2, 0) is 19.1 Å². The maximum Gasteiger partial charge on any atom is 0.330 e. The van der Waals surface area contributed by atoms with Gasteiger partial charge in [0.25, 0.3) is 0 Å². The van der Waals surface area contributed by atoms with Gasteiger partial charge in [0.05, 0.1) is 9.16 Å². The first-order valence-electron chi connectivity index (χ1n) is 11.3. The van der Waals surface area contributed by atoms with E-state index in [1.165, 1.54) is 57.5 Å². The molecule has 2 heterocycles. The molecule has 34 heavy (non-hydrogen) atoms. The number of esters is 2. The molecule has 188 valence electrons. The zero-order valence-corrected chi connectivity index (χ0v) is 24.5. The number of carbonyl (C=O) groups excluding carboxylic acids is 2. The Labute approximate surface area is 229 Å². The molecule has 0 aromatic carbocycles. The minimum atomic E-state index is -0.359. The number of ether oxygens (including phenoxy) is 2. The largest absolute Gasteiger partial charge is 0.457 e. The molecule has 0 aromatic rings. The van der Waals surface area contributed by atoms with Crippen molar-refractivity contribution in [3.8, 4) is 0 Å². The van der Waals surface area contributed by atoms with Crippen molar-refractivity contribution in [3.63, 3.8) is 0 Å². The van der Waals surface area contributed by atoms with E-state index in [-0.39, 0.29) is 11.9 Å². The van der Waals surface area contributed by atoms with Gasteiger partial charge in [-0.05, 0) is 42.9 Å². The zero-order valence-electron chi connectivity index (χ0n) is 19.6. The van der Waals surface area contributed by atoms with E-state index in [4.69, 9.17) is 9.47 Å². The van der Waals surface area contributed by atoms with Crippen molar-refractivity contribution in [1.29, 1.82) is 0 Å². The Morgan fingerprint density at radius 3 is 1.71 bits per heavy atom. The van der Waals surface area contributed by atoms with Gasteiger partial charge in [-0.2, -0.15) is 23.5 Å². The molecule has 1 aliphatic carbocycles. The van der Waals surface area contributed by atoms with Gasteiger partial charge in [0.2, 0.25) is 0 Å². The standard InChI is InChI=1S/C24H32O4S6/c1-5-21(25)27-11-19-15(3)31-23(33-19)13-29-17-8-7-9-18(10-17)30-14-24-32-16(4)20(34-24)12-28-22(26)6-2/h5-6,17-18,23-24H,1-2,7-14H2,3-4H3. The number of hydrogen-bond acceptors (Lipinski definition) is 10. The van der Waals surface area contributed by atoms with Gasteiger partial charge >= 0.3 is 11.9 Å². The number of allylic oxidation sites excluding steroid dienone is 2. The average molecular weight is 577 g/mol. The van der Waals surface area contributed by atoms with Crippen LogP contribution in [0.15, 0.2) is 44.9 Å². The van der Waals surface area contributed by atoms with Gasteiger partial charge in [-0.1, -0.05) is 19.6 Å². The Kier molecular flexibility index (Phi) is 12.3. The van der Waals surface area contributed by atoms with Gasteiger partial charge in [0.1, 0.15) is 13.2 Å². The van der Waals surface area contributed by atoms with E-state index in [1.807, 2.05) is 47.0 Å². The molecule has 3 aliphatic rings. The third-order valence-electron chi connectivity index (χ3n) is 5.49. The first-order valence-corrected chi connectivity index (χ1v) is 16.9. The zero-order chi connectivity index (χ0) is 24.5. The lowest BCUT2D eigenvalue weighted by molar-refractivity contribution is -0.137. The molecule has 0 saturated heterocycles. The molecular formula is C24H32O4S6. The van der Waals surface area contributed by atoms with Crippen LogP contribution in [0, 0.1) is 0 Å². The minimum absolute atomic E-state index is 0.359. The van der Waals surface area contributed by atoms with Gasteiger partial charge in [0, 0.05) is 44.0 Å². The second-order valence-electron chi connectivity index (χ2n) is 7.99. The fourth-order valence-electron chi connectivity index (χ4n) is 3.69. The van der Waals surface area contributed by atoms with E-state index in [0.29, 0.717) is 22.4 Å². The Bertz CT molecular complexity index is 773. The third kappa shape index (κ3) is 9.14. The first-order chi connectivity index (χ1) is 16.4. The van der Waals surface area contributed by atoms with Gasteiger partial charge in [0.15, 0.2) is 0 Å². The van der Waals surface area contributed by atoms with Crippen LogP contribution in [0.1, 0.15) is 39.5 Å². The van der Waals surface area contributed by atoms with Crippen molar-refractivity contribution in [3.05, 3.63) is 44.9 Å². The molecule has 10 heteroatoms. The van der Waals surface area contributed by atoms with E-state index < -0.39 is 0 Å². The van der Waals surface area contributed by atoms with Crippen molar-refractivity contribution >= 4 is 82.5 Å². The lowest BCUT2D eigenvalue weighted by atomic mass is 10.00.